The minimum absolute atomic E-state index is 0.189. The molecule has 0 radical (unpaired) electrons. The summed E-state index contributed by atoms with van der Waals surface area (Å²) >= 11 is 11.7. The third kappa shape index (κ3) is 5.26. The summed E-state index contributed by atoms with van der Waals surface area (Å²) in [4.78, 5) is 22.6. The number of hydrogen-bond acceptors (Lipinski definition) is 4. The Morgan fingerprint density at radius 2 is 1.88 bits per heavy atom. The van der Waals surface area contributed by atoms with Gasteiger partial charge in [-0.1, -0.05) is 23.2 Å². The SMILES string of the molecule is NC(=O)COc1ccc(/C=N/NC(=O)c2ccc(Cl)cc2Cl)cc1. The fourth-order valence-corrected chi connectivity index (χ4v) is 2.20. The monoisotopic (exact) mass is 365 g/mol. The fraction of sp³-hybridized carbons (Fsp3) is 0.0625. The number of rotatable bonds is 6. The molecule has 0 fully saturated rings. The molecule has 24 heavy (non-hydrogen) atoms. The summed E-state index contributed by atoms with van der Waals surface area (Å²) < 4.78 is 5.13. The van der Waals surface area contributed by atoms with Gasteiger partial charge in [0.15, 0.2) is 6.61 Å². The molecule has 0 spiro atoms. The van der Waals surface area contributed by atoms with Gasteiger partial charge in [-0.25, -0.2) is 5.43 Å². The smallest absolute Gasteiger partial charge is 0.272 e. The standard InChI is InChI=1S/C16H13Cl2N3O3/c17-11-3-6-13(14(18)7-11)16(23)21-20-8-10-1-4-12(5-2-10)24-9-15(19)22/h1-8H,9H2,(H2,19,22)(H,21,23)/b20-8+. The van der Waals surface area contributed by atoms with E-state index in [-0.39, 0.29) is 17.2 Å². The van der Waals surface area contributed by atoms with Crippen molar-refractivity contribution >= 4 is 41.2 Å². The van der Waals surface area contributed by atoms with Gasteiger partial charge >= 0.3 is 0 Å². The largest absolute Gasteiger partial charge is 0.484 e. The lowest BCUT2D eigenvalue weighted by Gasteiger charge is -2.04. The first-order valence-corrected chi connectivity index (χ1v) is 7.51. The van der Waals surface area contributed by atoms with Crippen LogP contribution in [-0.2, 0) is 4.79 Å². The summed E-state index contributed by atoms with van der Waals surface area (Å²) in [6.45, 7) is -0.189. The molecule has 8 heteroatoms. The van der Waals surface area contributed by atoms with Gasteiger partial charge in [-0.3, -0.25) is 9.59 Å². The zero-order chi connectivity index (χ0) is 17.5. The van der Waals surface area contributed by atoms with Gasteiger partial charge in [-0.15, -0.1) is 0 Å². The van der Waals surface area contributed by atoms with Gasteiger partial charge in [0.25, 0.3) is 11.8 Å². The molecule has 0 saturated heterocycles. The number of ether oxygens (including phenoxy) is 1. The van der Waals surface area contributed by atoms with E-state index in [9.17, 15) is 9.59 Å². The molecule has 0 bridgehead atoms. The number of carbonyl (C=O) groups is 2. The van der Waals surface area contributed by atoms with Gasteiger partial charge in [-0.05, 0) is 48.0 Å². The molecule has 0 heterocycles. The highest BCUT2D eigenvalue weighted by atomic mass is 35.5. The molecule has 0 unspecified atom stereocenters. The van der Waals surface area contributed by atoms with Crippen LogP contribution >= 0.6 is 23.2 Å². The zero-order valence-electron chi connectivity index (χ0n) is 12.3. The molecule has 2 rings (SSSR count). The number of carbonyl (C=O) groups excluding carboxylic acids is 2. The first-order valence-electron chi connectivity index (χ1n) is 6.75. The summed E-state index contributed by atoms with van der Waals surface area (Å²) in [6, 6.07) is 11.3. The van der Waals surface area contributed by atoms with Crippen LogP contribution in [0, 0.1) is 0 Å². The zero-order valence-corrected chi connectivity index (χ0v) is 13.8. The van der Waals surface area contributed by atoms with E-state index in [0.29, 0.717) is 10.8 Å². The van der Waals surface area contributed by atoms with Crippen molar-refractivity contribution in [3.63, 3.8) is 0 Å². The summed E-state index contributed by atoms with van der Waals surface area (Å²) in [6.07, 6.45) is 1.46. The van der Waals surface area contributed by atoms with E-state index in [4.69, 9.17) is 33.7 Å². The highest BCUT2D eigenvalue weighted by Gasteiger charge is 2.09. The van der Waals surface area contributed by atoms with Crippen molar-refractivity contribution in [2.75, 3.05) is 6.61 Å². The maximum absolute atomic E-state index is 12.0. The molecule has 0 saturated carbocycles. The number of nitrogens with two attached hydrogens (primary N) is 1. The number of hydrogen-bond donors (Lipinski definition) is 2. The van der Waals surface area contributed by atoms with E-state index in [1.54, 1.807) is 30.3 Å². The van der Waals surface area contributed by atoms with Crippen LogP contribution in [0.1, 0.15) is 15.9 Å². The third-order valence-electron chi connectivity index (χ3n) is 2.82. The maximum Gasteiger partial charge on any atom is 0.272 e. The van der Waals surface area contributed by atoms with Crippen LogP contribution in [0.5, 0.6) is 5.75 Å². The first-order chi connectivity index (χ1) is 11.5. The number of halogens is 2. The Morgan fingerprint density at radius 3 is 2.50 bits per heavy atom. The minimum Gasteiger partial charge on any atom is -0.484 e. The van der Waals surface area contributed by atoms with Gasteiger partial charge in [0.1, 0.15) is 5.75 Å². The second-order valence-electron chi connectivity index (χ2n) is 4.65. The van der Waals surface area contributed by atoms with Crippen molar-refractivity contribution in [3.05, 3.63) is 63.6 Å². The van der Waals surface area contributed by atoms with Gasteiger partial charge in [0.2, 0.25) is 0 Å². The number of primary amides is 1. The fourth-order valence-electron chi connectivity index (χ4n) is 1.70. The Kier molecular flexibility index (Phi) is 6.17. The molecular weight excluding hydrogens is 353 g/mol. The van der Waals surface area contributed by atoms with E-state index in [0.717, 1.165) is 5.56 Å². The molecule has 0 aliphatic carbocycles. The molecule has 2 amide bonds. The van der Waals surface area contributed by atoms with Crippen LogP contribution in [0.2, 0.25) is 10.0 Å². The molecule has 3 N–H and O–H groups in total. The van der Waals surface area contributed by atoms with Crippen LogP contribution in [0.3, 0.4) is 0 Å². The van der Waals surface area contributed by atoms with E-state index in [1.807, 2.05) is 0 Å². The van der Waals surface area contributed by atoms with Crippen LogP contribution in [0.4, 0.5) is 0 Å². The van der Waals surface area contributed by atoms with E-state index < -0.39 is 11.8 Å². The van der Waals surface area contributed by atoms with Gasteiger partial charge in [-0.2, -0.15) is 5.10 Å². The van der Waals surface area contributed by atoms with Crippen LogP contribution < -0.4 is 15.9 Å². The number of nitrogens with one attached hydrogen (secondary N) is 1. The molecule has 6 nitrogen and oxygen atoms in total. The van der Waals surface area contributed by atoms with Crippen LogP contribution in [0.15, 0.2) is 47.6 Å². The number of hydrazone groups is 1. The Hall–Kier alpha value is -2.57. The predicted octanol–water partition coefficient (Wildman–Crippen LogP) is 2.62. The van der Waals surface area contributed by atoms with Crippen molar-refractivity contribution in [1.82, 2.24) is 5.43 Å². The van der Waals surface area contributed by atoms with Gasteiger partial charge in [0.05, 0.1) is 16.8 Å². The van der Waals surface area contributed by atoms with Crippen LogP contribution in [-0.4, -0.2) is 24.6 Å². The van der Waals surface area contributed by atoms with Gasteiger partial charge in [0, 0.05) is 5.02 Å². The summed E-state index contributed by atoms with van der Waals surface area (Å²) in [5, 5.41) is 4.54. The Bertz CT molecular complexity index is 777. The number of amides is 2. The maximum atomic E-state index is 12.0. The van der Waals surface area contributed by atoms with E-state index in [1.165, 1.54) is 18.3 Å². The molecule has 0 aliphatic heterocycles. The summed E-state index contributed by atoms with van der Waals surface area (Å²) in [5.41, 5.74) is 8.36. The topological polar surface area (TPSA) is 93.8 Å². The van der Waals surface area contributed by atoms with Crippen molar-refractivity contribution < 1.29 is 14.3 Å². The average molecular weight is 366 g/mol. The third-order valence-corrected chi connectivity index (χ3v) is 3.36. The molecule has 0 aromatic heterocycles. The van der Waals surface area contributed by atoms with E-state index >= 15 is 0 Å². The lowest BCUT2D eigenvalue weighted by molar-refractivity contribution is -0.119. The normalized spacial score (nSPS) is 10.6. The van der Waals surface area contributed by atoms with E-state index in [2.05, 4.69) is 10.5 Å². The van der Waals surface area contributed by atoms with Crippen molar-refractivity contribution in [2.45, 2.75) is 0 Å². The molecule has 124 valence electrons. The molecular formula is C16H13Cl2N3O3. The van der Waals surface area contributed by atoms with Crippen LogP contribution in [0.25, 0.3) is 0 Å². The highest BCUT2D eigenvalue weighted by molar-refractivity contribution is 6.36. The lowest BCUT2D eigenvalue weighted by Crippen LogP contribution is -2.20. The Labute approximate surface area is 148 Å². The quantitative estimate of drug-likeness (QED) is 0.608. The molecule has 2 aromatic rings. The summed E-state index contributed by atoms with van der Waals surface area (Å²) in [5.74, 6) is -0.499. The predicted molar refractivity (Wildman–Crippen MR) is 92.7 cm³/mol. The van der Waals surface area contributed by atoms with Crippen molar-refractivity contribution in [1.29, 1.82) is 0 Å². The van der Waals surface area contributed by atoms with Crippen molar-refractivity contribution in [2.24, 2.45) is 10.8 Å². The average Bonchev–Trinajstić information content (AvgIpc) is 2.54. The second kappa shape index (κ2) is 8.33. The molecule has 2 aromatic carbocycles. The summed E-state index contributed by atoms with van der Waals surface area (Å²) in [7, 11) is 0. The van der Waals surface area contributed by atoms with Crippen molar-refractivity contribution in [3.8, 4) is 5.75 Å². The molecule has 0 atom stereocenters. The lowest BCUT2D eigenvalue weighted by atomic mass is 10.2. The minimum atomic E-state index is -0.552. The number of benzene rings is 2. The molecule has 0 aliphatic rings. The number of nitrogens with zero attached hydrogens (tertiary/aromatic N) is 1. The Morgan fingerprint density at radius 1 is 1.17 bits per heavy atom. The van der Waals surface area contributed by atoms with Gasteiger partial charge < -0.3 is 10.5 Å². The Balaban J connectivity index is 1.93. The highest BCUT2D eigenvalue weighted by Crippen LogP contribution is 2.20. The first kappa shape index (κ1) is 17.8. The second-order valence-corrected chi connectivity index (χ2v) is 5.49.